The first-order valence-electron chi connectivity index (χ1n) is 10.4. The normalized spacial score (nSPS) is 15.9. The third kappa shape index (κ3) is 6.02. The quantitative estimate of drug-likeness (QED) is 0.278. The maximum atomic E-state index is 12.5. The number of ketones is 2. The largest absolute Gasteiger partial charge is 0.446 e. The van der Waals surface area contributed by atoms with Gasteiger partial charge in [0, 0.05) is 18.1 Å². The Balaban J connectivity index is 1.77. The third-order valence-corrected chi connectivity index (χ3v) is 5.22. The number of fused-ring (bicyclic) bond motifs is 1. The van der Waals surface area contributed by atoms with Crippen LogP contribution in [-0.2, 0) is 16.0 Å². The van der Waals surface area contributed by atoms with Gasteiger partial charge in [0.05, 0.1) is 0 Å². The number of Topliss-reactive ketones (excluding diaryl/α,β-unsaturated/α-hetero) is 2. The number of ether oxygens (including phenoxy) is 1. The Kier molecular flexibility index (Phi) is 8.70. The summed E-state index contributed by atoms with van der Waals surface area (Å²) in [6, 6.07) is 5.38. The van der Waals surface area contributed by atoms with Crippen molar-refractivity contribution in [1.29, 1.82) is 0 Å². The van der Waals surface area contributed by atoms with E-state index in [0.717, 1.165) is 24.8 Å². The summed E-state index contributed by atoms with van der Waals surface area (Å²) in [4.78, 5) is 36.1. The van der Waals surface area contributed by atoms with Crippen molar-refractivity contribution >= 4 is 17.5 Å². The molecule has 2 rings (SSSR count). The molecule has 148 valence electrons. The molecule has 1 aliphatic rings. The summed E-state index contributed by atoms with van der Waals surface area (Å²) in [5, 5.41) is 0. The van der Waals surface area contributed by atoms with Crippen LogP contribution in [0.15, 0.2) is 18.2 Å². The predicted octanol–water partition coefficient (Wildman–Crippen LogP) is 5.46. The van der Waals surface area contributed by atoms with Crippen LogP contribution in [0.25, 0.3) is 0 Å². The Morgan fingerprint density at radius 3 is 2.07 bits per heavy atom. The fraction of sp³-hybridized carbons (Fsp3) is 0.609. The molecule has 4 heteroatoms. The van der Waals surface area contributed by atoms with Crippen LogP contribution >= 0.6 is 0 Å². The van der Waals surface area contributed by atoms with Crippen molar-refractivity contribution < 1.29 is 19.1 Å². The van der Waals surface area contributed by atoms with Crippen LogP contribution in [0.4, 0.5) is 0 Å². The summed E-state index contributed by atoms with van der Waals surface area (Å²) >= 11 is 0. The van der Waals surface area contributed by atoms with Gasteiger partial charge in [0.25, 0.3) is 0 Å². The summed E-state index contributed by atoms with van der Waals surface area (Å²) in [7, 11) is 0. The third-order valence-electron chi connectivity index (χ3n) is 5.22. The second-order valence-corrected chi connectivity index (χ2v) is 7.49. The van der Waals surface area contributed by atoms with Crippen molar-refractivity contribution in [3.05, 3.63) is 34.9 Å². The Morgan fingerprint density at radius 1 is 0.889 bits per heavy atom. The first-order valence-corrected chi connectivity index (χ1v) is 10.4. The van der Waals surface area contributed by atoms with E-state index in [1.54, 1.807) is 6.07 Å². The molecule has 0 saturated heterocycles. The van der Waals surface area contributed by atoms with E-state index in [1.807, 2.05) is 12.1 Å². The highest BCUT2D eigenvalue weighted by molar-refractivity contribution is 6.29. The Morgan fingerprint density at radius 2 is 1.48 bits per heavy atom. The number of esters is 1. The first kappa shape index (κ1) is 21.3. The van der Waals surface area contributed by atoms with E-state index in [9.17, 15) is 14.4 Å². The molecule has 0 spiro atoms. The molecule has 4 nitrogen and oxygen atoms in total. The van der Waals surface area contributed by atoms with Crippen LogP contribution in [0.3, 0.4) is 0 Å². The average Bonchev–Trinajstić information content (AvgIpc) is 2.88. The summed E-state index contributed by atoms with van der Waals surface area (Å²) < 4.78 is 4.94. The van der Waals surface area contributed by atoms with Gasteiger partial charge in [-0.1, -0.05) is 82.9 Å². The van der Waals surface area contributed by atoms with Crippen molar-refractivity contribution in [2.24, 2.45) is 0 Å². The zero-order valence-corrected chi connectivity index (χ0v) is 16.7. The predicted molar refractivity (Wildman–Crippen MR) is 106 cm³/mol. The van der Waals surface area contributed by atoms with Gasteiger partial charge in [0.2, 0.25) is 17.7 Å². The van der Waals surface area contributed by atoms with Crippen LogP contribution in [0.5, 0.6) is 0 Å². The lowest BCUT2D eigenvalue weighted by atomic mass is 9.97. The van der Waals surface area contributed by atoms with Gasteiger partial charge in [-0.2, -0.15) is 0 Å². The highest BCUT2D eigenvalue weighted by Crippen LogP contribution is 2.28. The van der Waals surface area contributed by atoms with Crippen molar-refractivity contribution in [2.45, 2.75) is 90.6 Å². The molecule has 0 bridgehead atoms. The summed E-state index contributed by atoms with van der Waals surface area (Å²) in [6.07, 6.45) is 12.1. The molecule has 0 radical (unpaired) electrons. The fourth-order valence-corrected chi connectivity index (χ4v) is 3.77. The maximum absolute atomic E-state index is 12.5. The number of benzene rings is 1. The molecule has 1 aromatic rings. The van der Waals surface area contributed by atoms with Crippen molar-refractivity contribution in [3.8, 4) is 0 Å². The molecule has 0 fully saturated rings. The molecule has 27 heavy (non-hydrogen) atoms. The zero-order chi connectivity index (χ0) is 19.6. The lowest BCUT2D eigenvalue weighted by Gasteiger charge is -2.08. The van der Waals surface area contributed by atoms with Gasteiger partial charge < -0.3 is 4.74 Å². The zero-order valence-electron chi connectivity index (χ0n) is 16.7. The van der Waals surface area contributed by atoms with Crippen LogP contribution in [0.2, 0.25) is 0 Å². The van der Waals surface area contributed by atoms with E-state index in [1.165, 1.54) is 58.3 Å². The Labute approximate surface area is 162 Å². The number of aryl methyl sites for hydroxylation is 1. The minimum atomic E-state index is -1.29. The molecule has 1 aromatic carbocycles. The van der Waals surface area contributed by atoms with Crippen LogP contribution in [-0.4, -0.2) is 23.6 Å². The number of carbonyl (C=O) groups excluding carboxylic acids is 3. The molecule has 0 N–H and O–H groups in total. The van der Waals surface area contributed by atoms with Gasteiger partial charge >= 0.3 is 5.97 Å². The van der Waals surface area contributed by atoms with Gasteiger partial charge in [-0.05, 0) is 18.4 Å². The summed E-state index contributed by atoms with van der Waals surface area (Å²) in [5.74, 6) is -1.37. The molecule has 0 heterocycles. The maximum Gasteiger partial charge on any atom is 0.303 e. The monoisotopic (exact) mass is 372 g/mol. The van der Waals surface area contributed by atoms with E-state index in [2.05, 4.69) is 6.92 Å². The number of hydrogen-bond donors (Lipinski definition) is 0. The molecule has 0 amide bonds. The summed E-state index contributed by atoms with van der Waals surface area (Å²) in [5.41, 5.74) is 1.76. The number of carbonyl (C=O) groups is 3. The van der Waals surface area contributed by atoms with Gasteiger partial charge in [-0.15, -0.1) is 0 Å². The van der Waals surface area contributed by atoms with Gasteiger partial charge in [0.1, 0.15) is 0 Å². The fourth-order valence-electron chi connectivity index (χ4n) is 3.77. The van der Waals surface area contributed by atoms with E-state index >= 15 is 0 Å². The standard InChI is InChI=1S/C23H32O4/c1-3-4-5-6-7-8-9-10-11-12-14-18-15-13-16-19-20(18)22(26)23(21(19)25)27-17(2)24/h13,15-16,23H,3-12,14H2,1-2H3. The van der Waals surface area contributed by atoms with Crippen molar-refractivity contribution in [1.82, 2.24) is 0 Å². The van der Waals surface area contributed by atoms with Gasteiger partial charge in [0.15, 0.2) is 0 Å². The van der Waals surface area contributed by atoms with E-state index in [-0.39, 0.29) is 5.78 Å². The SMILES string of the molecule is CCCCCCCCCCCCc1cccc2c1C(=O)C(OC(C)=O)C2=O. The van der Waals surface area contributed by atoms with Crippen molar-refractivity contribution in [3.63, 3.8) is 0 Å². The second-order valence-electron chi connectivity index (χ2n) is 7.49. The van der Waals surface area contributed by atoms with Crippen LogP contribution < -0.4 is 0 Å². The highest BCUT2D eigenvalue weighted by Gasteiger charge is 2.42. The van der Waals surface area contributed by atoms with E-state index in [4.69, 9.17) is 4.74 Å². The van der Waals surface area contributed by atoms with Crippen LogP contribution in [0, 0.1) is 0 Å². The Bertz CT molecular complexity index is 662. The number of unbranched alkanes of at least 4 members (excludes halogenated alkanes) is 9. The smallest absolute Gasteiger partial charge is 0.303 e. The molecule has 0 saturated carbocycles. The van der Waals surface area contributed by atoms with Crippen molar-refractivity contribution in [2.75, 3.05) is 0 Å². The number of rotatable bonds is 12. The Hall–Kier alpha value is -1.97. The lowest BCUT2D eigenvalue weighted by molar-refractivity contribution is -0.142. The molecule has 1 unspecified atom stereocenters. The average molecular weight is 373 g/mol. The summed E-state index contributed by atoms with van der Waals surface area (Å²) in [6.45, 7) is 3.45. The van der Waals surface area contributed by atoms with Crippen LogP contribution in [0.1, 0.15) is 104 Å². The van der Waals surface area contributed by atoms with E-state index in [0.29, 0.717) is 11.1 Å². The molecule has 0 aromatic heterocycles. The van der Waals surface area contributed by atoms with E-state index < -0.39 is 17.9 Å². The molecule has 0 aliphatic heterocycles. The minimum Gasteiger partial charge on any atom is -0.446 e. The lowest BCUT2D eigenvalue weighted by Crippen LogP contribution is -2.28. The topological polar surface area (TPSA) is 60.4 Å². The first-order chi connectivity index (χ1) is 13.1. The molecule has 1 aliphatic carbocycles. The highest BCUT2D eigenvalue weighted by atomic mass is 16.5. The minimum absolute atomic E-state index is 0.368. The number of hydrogen-bond acceptors (Lipinski definition) is 4. The molecular weight excluding hydrogens is 340 g/mol. The van der Waals surface area contributed by atoms with Gasteiger partial charge in [-0.25, -0.2) is 0 Å². The molecular formula is C23H32O4. The second kappa shape index (κ2) is 11.0. The van der Waals surface area contributed by atoms with Gasteiger partial charge in [-0.3, -0.25) is 14.4 Å². The molecule has 1 atom stereocenters.